The molecule has 0 aromatic carbocycles. The van der Waals surface area contributed by atoms with Crippen LogP contribution in [0.2, 0.25) is 0 Å². The van der Waals surface area contributed by atoms with Gasteiger partial charge in [-0.25, -0.2) is 4.98 Å². The minimum Gasteiger partial charge on any atom is -0.350 e. The maximum atomic E-state index is 11.8. The molecule has 1 aliphatic carbocycles. The van der Waals surface area contributed by atoms with Gasteiger partial charge in [0, 0.05) is 29.9 Å². The second kappa shape index (κ2) is 5.47. The first-order valence-corrected chi connectivity index (χ1v) is 6.92. The molecule has 0 saturated heterocycles. The standard InChI is InChI=1S/C15H16N4O2/c1-9-5-12(9)15(21)17-8-11-6-13(20)19-14(18-11)10-3-2-4-16-7-10/h2-4,6-7,9,12H,5,8H2,1H3,(H,17,21)(H,18,19,20)/t9-,12-/m0/s1. The molecule has 2 atom stereocenters. The molecule has 6 nitrogen and oxygen atoms in total. The topological polar surface area (TPSA) is 87.7 Å². The molecule has 1 amide bonds. The molecule has 108 valence electrons. The Hall–Kier alpha value is -2.50. The smallest absolute Gasteiger partial charge is 0.251 e. The summed E-state index contributed by atoms with van der Waals surface area (Å²) in [5.41, 5.74) is 1.03. The highest BCUT2D eigenvalue weighted by atomic mass is 16.2. The molecular formula is C15H16N4O2. The summed E-state index contributed by atoms with van der Waals surface area (Å²) in [4.78, 5) is 34.5. The first-order chi connectivity index (χ1) is 10.1. The number of aromatic nitrogens is 3. The molecule has 0 bridgehead atoms. The minimum atomic E-state index is -0.243. The second-order valence-electron chi connectivity index (χ2n) is 5.36. The average Bonchev–Trinajstić information content (AvgIpc) is 3.22. The molecule has 0 unspecified atom stereocenters. The Morgan fingerprint density at radius 1 is 1.52 bits per heavy atom. The third kappa shape index (κ3) is 3.16. The molecule has 2 heterocycles. The van der Waals surface area contributed by atoms with Crippen LogP contribution in [0.4, 0.5) is 0 Å². The third-order valence-electron chi connectivity index (χ3n) is 3.62. The van der Waals surface area contributed by atoms with Gasteiger partial charge in [-0.15, -0.1) is 0 Å². The molecular weight excluding hydrogens is 268 g/mol. The van der Waals surface area contributed by atoms with Gasteiger partial charge in [-0.05, 0) is 24.5 Å². The minimum absolute atomic E-state index is 0.0347. The maximum Gasteiger partial charge on any atom is 0.251 e. The monoisotopic (exact) mass is 284 g/mol. The number of amides is 1. The van der Waals surface area contributed by atoms with Gasteiger partial charge in [-0.3, -0.25) is 14.6 Å². The third-order valence-corrected chi connectivity index (χ3v) is 3.62. The zero-order chi connectivity index (χ0) is 14.8. The van der Waals surface area contributed by atoms with E-state index in [9.17, 15) is 9.59 Å². The Balaban J connectivity index is 1.75. The van der Waals surface area contributed by atoms with E-state index in [-0.39, 0.29) is 23.9 Å². The van der Waals surface area contributed by atoms with Crippen LogP contribution in [0.5, 0.6) is 0 Å². The van der Waals surface area contributed by atoms with Gasteiger partial charge in [0.05, 0.1) is 12.2 Å². The SMILES string of the molecule is C[C@H]1C[C@@H]1C(=O)NCc1cc(=O)[nH]c(-c2cccnc2)n1. The van der Waals surface area contributed by atoms with Crippen LogP contribution >= 0.6 is 0 Å². The van der Waals surface area contributed by atoms with Gasteiger partial charge in [-0.1, -0.05) is 6.92 Å². The molecule has 0 aliphatic heterocycles. The van der Waals surface area contributed by atoms with E-state index >= 15 is 0 Å². The van der Waals surface area contributed by atoms with Crippen LogP contribution in [0.25, 0.3) is 11.4 Å². The zero-order valence-electron chi connectivity index (χ0n) is 11.7. The fourth-order valence-corrected chi connectivity index (χ4v) is 2.23. The Labute approximate surface area is 121 Å². The van der Waals surface area contributed by atoms with Crippen molar-refractivity contribution in [3.05, 3.63) is 46.6 Å². The van der Waals surface area contributed by atoms with Crippen molar-refractivity contribution in [2.75, 3.05) is 0 Å². The molecule has 3 rings (SSSR count). The molecule has 2 aromatic rings. The highest BCUT2D eigenvalue weighted by molar-refractivity contribution is 5.81. The van der Waals surface area contributed by atoms with Crippen molar-refractivity contribution in [3.8, 4) is 11.4 Å². The molecule has 2 aromatic heterocycles. The van der Waals surface area contributed by atoms with E-state index in [4.69, 9.17) is 0 Å². The van der Waals surface area contributed by atoms with Crippen LogP contribution in [0.1, 0.15) is 19.0 Å². The molecule has 21 heavy (non-hydrogen) atoms. The van der Waals surface area contributed by atoms with Crippen LogP contribution in [-0.2, 0) is 11.3 Å². The van der Waals surface area contributed by atoms with Gasteiger partial charge in [0.25, 0.3) is 5.56 Å². The summed E-state index contributed by atoms with van der Waals surface area (Å²) in [5.74, 6) is 1.07. The quantitative estimate of drug-likeness (QED) is 0.880. The fourth-order valence-electron chi connectivity index (χ4n) is 2.23. The van der Waals surface area contributed by atoms with Crippen molar-refractivity contribution in [2.24, 2.45) is 11.8 Å². The first kappa shape index (κ1) is 13.5. The number of nitrogens with one attached hydrogen (secondary N) is 2. The normalized spacial score (nSPS) is 20.0. The summed E-state index contributed by atoms with van der Waals surface area (Å²) in [5, 5.41) is 2.83. The lowest BCUT2D eigenvalue weighted by atomic mass is 10.2. The van der Waals surface area contributed by atoms with E-state index in [0.29, 0.717) is 17.4 Å². The predicted octanol–water partition coefficient (Wildman–Crippen LogP) is 1.10. The summed E-state index contributed by atoms with van der Waals surface area (Å²) in [7, 11) is 0. The van der Waals surface area contributed by atoms with E-state index in [1.54, 1.807) is 18.5 Å². The Morgan fingerprint density at radius 3 is 3.00 bits per heavy atom. The Kier molecular flexibility index (Phi) is 3.51. The summed E-state index contributed by atoms with van der Waals surface area (Å²) in [6, 6.07) is 4.99. The van der Waals surface area contributed by atoms with Crippen molar-refractivity contribution >= 4 is 5.91 Å². The maximum absolute atomic E-state index is 11.8. The van der Waals surface area contributed by atoms with Crippen molar-refractivity contribution in [1.29, 1.82) is 0 Å². The number of pyridine rings is 1. The second-order valence-corrected chi connectivity index (χ2v) is 5.36. The number of hydrogen-bond donors (Lipinski definition) is 2. The van der Waals surface area contributed by atoms with E-state index in [2.05, 4.69) is 27.2 Å². The summed E-state index contributed by atoms with van der Waals surface area (Å²) in [6.07, 6.45) is 4.23. The number of rotatable bonds is 4. The number of H-pyrrole nitrogens is 1. The number of carbonyl (C=O) groups is 1. The average molecular weight is 284 g/mol. The molecule has 1 fully saturated rings. The van der Waals surface area contributed by atoms with Crippen LogP contribution in [-0.4, -0.2) is 20.9 Å². The van der Waals surface area contributed by atoms with Gasteiger partial charge in [0.1, 0.15) is 5.82 Å². The molecule has 1 saturated carbocycles. The predicted molar refractivity (Wildman–Crippen MR) is 77.2 cm³/mol. The molecule has 0 spiro atoms. The van der Waals surface area contributed by atoms with Crippen molar-refractivity contribution in [3.63, 3.8) is 0 Å². The Bertz CT molecular complexity index is 711. The highest BCUT2D eigenvalue weighted by Gasteiger charge is 2.38. The first-order valence-electron chi connectivity index (χ1n) is 6.92. The summed E-state index contributed by atoms with van der Waals surface area (Å²) in [6.45, 7) is 2.31. The van der Waals surface area contributed by atoms with Crippen LogP contribution in [0.3, 0.4) is 0 Å². The zero-order valence-corrected chi connectivity index (χ0v) is 11.7. The molecule has 6 heteroatoms. The van der Waals surface area contributed by atoms with E-state index < -0.39 is 0 Å². The fraction of sp³-hybridized carbons (Fsp3) is 0.333. The largest absolute Gasteiger partial charge is 0.350 e. The lowest BCUT2D eigenvalue weighted by molar-refractivity contribution is -0.122. The van der Waals surface area contributed by atoms with Crippen molar-refractivity contribution in [1.82, 2.24) is 20.3 Å². The number of hydrogen-bond acceptors (Lipinski definition) is 4. The van der Waals surface area contributed by atoms with E-state index in [1.807, 2.05) is 6.07 Å². The lowest BCUT2D eigenvalue weighted by Gasteiger charge is -2.06. The van der Waals surface area contributed by atoms with Gasteiger partial charge in [-0.2, -0.15) is 0 Å². The number of carbonyl (C=O) groups excluding carboxylic acids is 1. The van der Waals surface area contributed by atoms with Crippen LogP contribution < -0.4 is 10.9 Å². The number of aromatic amines is 1. The number of nitrogens with zero attached hydrogens (tertiary/aromatic N) is 2. The van der Waals surface area contributed by atoms with E-state index in [1.165, 1.54) is 6.07 Å². The van der Waals surface area contributed by atoms with Gasteiger partial charge in [0.2, 0.25) is 5.91 Å². The van der Waals surface area contributed by atoms with E-state index in [0.717, 1.165) is 12.0 Å². The van der Waals surface area contributed by atoms with Gasteiger partial charge in [0.15, 0.2) is 0 Å². The lowest BCUT2D eigenvalue weighted by Crippen LogP contribution is -2.26. The van der Waals surface area contributed by atoms with Crippen molar-refractivity contribution < 1.29 is 4.79 Å². The van der Waals surface area contributed by atoms with Crippen LogP contribution in [0.15, 0.2) is 35.4 Å². The van der Waals surface area contributed by atoms with Crippen molar-refractivity contribution in [2.45, 2.75) is 19.9 Å². The molecule has 0 radical (unpaired) electrons. The highest BCUT2D eigenvalue weighted by Crippen LogP contribution is 2.37. The molecule has 1 aliphatic rings. The van der Waals surface area contributed by atoms with Crippen LogP contribution in [0, 0.1) is 11.8 Å². The van der Waals surface area contributed by atoms with Gasteiger partial charge >= 0.3 is 0 Å². The van der Waals surface area contributed by atoms with Gasteiger partial charge < -0.3 is 10.3 Å². The molecule has 2 N–H and O–H groups in total. The summed E-state index contributed by atoms with van der Waals surface area (Å²) >= 11 is 0. The Morgan fingerprint density at radius 2 is 2.33 bits per heavy atom. The summed E-state index contributed by atoms with van der Waals surface area (Å²) < 4.78 is 0.